The molecule has 0 radical (unpaired) electrons. The predicted octanol–water partition coefficient (Wildman–Crippen LogP) is 5.23. The van der Waals surface area contributed by atoms with Gasteiger partial charge in [-0.1, -0.05) is 6.92 Å². The second-order valence-electron chi connectivity index (χ2n) is 6.60. The van der Waals surface area contributed by atoms with Gasteiger partial charge in [-0.05, 0) is 69.7 Å². The van der Waals surface area contributed by atoms with Gasteiger partial charge < -0.3 is 0 Å². The monoisotopic (exact) mass is 315 g/mol. The molecule has 1 aromatic rings. The number of hydrogen-bond donors (Lipinski definition) is 0. The third kappa shape index (κ3) is 4.49. The minimum absolute atomic E-state index is 0.0896. The van der Waals surface area contributed by atoms with Gasteiger partial charge in [0.15, 0.2) is 0 Å². The average Bonchev–Trinajstić information content (AvgIpc) is 2.70. The Labute approximate surface area is 131 Å². The van der Waals surface area contributed by atoms with E-state index in [0.29, 0.717) is 11.8 Å². The molecule has 4 heteroatoms. The maximum atomic E-state index is 13.1. The molecule has 0 saturated carbocycles. The minimum atomic E-state index is -2.57. The molecule has 2 rings (SSSR count). The van der Waals surface area contributed by atoms with Gasteiger partial charge in [0.05, 0.1) is 6.54 Å². The Morgan fingerprint density at radius 1 is 1.33 bits per heavy atom. The second kappa shape index (κ2) is 6.74. The second-order valence-corrected chi connectivity index (χ2v) is 7.89. The van der Waals surface area contributed by atoms with Crippen molar-refractivity contribution in [2.45, 2.75) is 58.8 Å². The van der Waals surface area contributed by atoms with Gasteiger partial charge in [0.2, 0.25) is 0 Å². The third-order valence-corrected chi connectivity index (χ3v) is 5.84. The Morgan fingerprint density at radius 2 is 1.95 bits per heavy atom. The Bertz CT molecular complexity index is 456. The quantitative estimate of drug-likeness (QED) is 0.719. The lowest BCUT2D eigenvalue weighted by atomic mass is 9.81. The summed E-state index contributed by atoms with van der Waals surface area (Å²) in [7, 11) is 0. The van der Waals surface area contributed by atoms with Crippen molar-refractivity contribution in [2.75, 3.05) is 19.6 Å². The van der Waals surface area contributed by atoms with E-state index in [1.54, 1.807) is 0 Å². The molecule has 2 heterocycles. The van der Waals surface area contributed by atoms with E-state index in [9.17, 15) is 8.78 Å². The molecule has 0 spiro atoms. The fourth-order valence-corrected chi connectivity index (χ4v) is 4.98. The SMILES string of the molecule is CC[C@H](c1sc(C)cc1C)C1CCN(CC(C)(F)F)CC1. The van der Waals surface area contributed by atoms with Gasteiger partial charge in [-0.3, -0.25) is 4.90 Å². The molecule has 21 heavy (non-hydrogen) atoms. The fraction of sp³-hybridized carbons (Fsp3) is 0.765. The van der Waals surface area contributed by atoms with Crippen LogP contribution in [0.3, 0.4) is 0 Å². The lowest BCUT2D eigenvalue weighted by Crippen LogP contribution is -2.41. The molecule has 1 aliphatic heterocycles. The first-order chi connectivity index (χ1) is 9.80. The van der Waals surface area contributed by atoms with E-state index in [2.05, 4.69) is 26.8 Å². The van der Waals surface area contributed by atoms with Gasteiger partial charge in [-0.25, -0.2) is 8.78 Å². The zero-order chi connectivity index (χ0) is 15.6. The molecule has 1 saturated heterocycles. The summed E-state index contributed by atoms with van der Waals surface area (Å²) in [6, 6.07) is 2.27. The Hall–Kier alpha value is -0.480. The molecular weight excluding hydrogens is 288 g/mol. The summed E-state index contributed by atoms with van der Waals surface area (Å²) in [5, 5.41) is 0. The van der Waals surface area contributed by atoms with Crippen LogP contribution in [0.4, 0.5) is 8.78 Å². The first-order valence-electron chi connectivity index (χ1n) is 7.97. The molecule has 1 fully saturated rings. The highest BCUT2D eigenvalue weighted by Gasteiger charge is 2.32. The Balaban J connectivity index is 1.98. The number of likely N-dealkylation sites (tertiary alicyclic amines) is 1. The van der Waals surface area contributed by atoms with Gasteiger partial charge in [0.25, 0.3) is 5.92 Å². The minimum Gasteiger partial charge on any atom is -0.297 e. The summed E-state index contributed by atoms with van der Waals surface area (Å²) < 4.78 is 26.2. The summed E-state index contributed by atoms with van der Waals surface area (Å²) in [6.07, 6.45) is 3.24. The molecule has 1 aliphatic rings. The average molecular weight is 315 g/mol. The molecule has 0 amide bonds. The first-order valence-corrected chi connectivity index (χ1v) is 8.79. The van der Waals surface area contributed by atoms with Crippen LogP contribution in [0.25, 0.3) is 0 Å². The van der Waals surface area contributed by atoms with E-state index >= 15 is 0 Å². The van der Waals surface area contributed by atoms with Gasteiger partial charge in [0.1, 0.15) is 0 Å². The number of piperidine rings is 1. The molecule has 120 valence electrons. The van der Waals surface area contributed by atoms with Crippen molar-refractivity contribution in [2.24, 2.45) is 5.92 Å². The number of halogens is 2. The lowest BCUT2D eigenvalue weighted by molar-refractivity contribution is -0.0232. The summed E-state index contributed by atoms with van der Waals surface area (Å²) in [6.45, 7) is 9.18. The van der Waals surface area contributed by atoms with Crippen LogP contribution in [0, 0.1) is 19.8 Å². The molecule has 0 aliphatic carbocycles. The standard InChI is InChI=1S/C17H27F2NS/c1-5-15(16-12(2)10-13(3)21-16)14-6-8-20(9-7-14)11-17(4,18)19/h10,14-15H,5-9,11H2,1-4H3/t15-/m0/s1. The summed E-state index contributed by atoms with van der Waals surface area (Å²) in [5.74, 6) is -1.32. The Morgan fingerprint density at radius 3 is 2.38 bits per heavy atom. The van der Waals surface area contributed by atoms with Crippen molar-refractivity contribution < 1.29 is 8.78 Å². The van der Waals surface area contributed by atoms with E-state index in [1.807, 2.05) is 16.2 Å². The summed E-state index contributed by atoms with van der Waals surface area (Å²) in [4.78, 5) is 4.83. The number of alkyl halides is 2. The van der Waals surface area contributed by atoms with Crippen LogP contribution in [0.15, 0.2) is 6.07 Å². The van der Waals surface area contributed by atoms with Crippen LogP contribution in [0.5, 0.6) is 0 Å². The molecule has 1 aromatic heterocycles. The molecule has 0 N–H and O–H groups in total. The molecule has 0 bridgehead atoms. The van der Waals surface area contributed by atoms with Gasteiger partial charge in [-0.2, -0.15) is 0 Å². The van der Waals surface area contributed by atoms with Gasteiger partial charge in [0, 0.05) is 16.7 Å². The van der Waals surface area contributed by atoms with Crippen molar-refractivity contribution in [3.63, 3.8) is 0 Å². The summed E-state index contributed by atoms with van der Waals surface area (Å²) in [5.41, 5.74) is 1.41. The van der Waals surface area contributed by atoms with E-state index < -0.39 is 5.92 Å². The van der Waals surface area contributed by atoms with E-state index in [-0.39, 0.29) is 6.54 Å². The topological polar surface area (TPSA) is 3.24 Å². The third-order valence-electron chi connectivity index (χ3n) is 4.56. The highest BCUT2D eigenvalue weighted by Crippen LogP contribution is 2.40. The fourth-order valence-electron chi connectivity index (χ4n) is 3.67. The zero-order valence-corrected chi connectivity index (χ0v) is 14.4. The van der Waals surface area contributed by atoms with Crippen molar-refractivity contribution in [1.29, 1.82) is 0 Å². The first kappa shape index (κ1) is 16.9. The normalized spacial score (nSPS) is 19.9. The molecule has 0 aromatic carbocycles. The van der Waals surface area contributed by atoms with Crippen LogP contribution >= 0.6 is 11.3 Å². The highest BCUT2D eigenvalue weighted by molar-refractivity contribution is 7.12. The molecule has 1 nitrogen and oxygen atoms in total. The summed E-state index contributed by atoms with van der Waals surface area (Å²) >= 11 is 1.92. The maximum absolute atomic E-state index is 13.1. The van der Waals surface area contributed by atoms with Gasteiger partial charge in [-0.15, -0.1) is 11.3 Å². The number of thiophene rings is 1. The predicted molar refractivity (Wildman–Crippen MR) is 86.6 cm³/mol. The van der Waals surface area contributed by atoms with Crippen molar-refractivity contribution >= 4 is 11.3 Å². The molecular formula is C17H27F2NS. The van der Waals surface area contributed by atoms with E-state index in [4.69, 9.17) is 0 Å². The number of nitrogens with zero attached hydrogens (tertiary/aromatic N) is 1. The number of hydrogen-bond acceptors (Lipinski definition) is 2. The van der Waals surface area contributed by atoms with Crippen LogP contribution in [-0.4, -0.2) is 30.5 Å². The molecule has 1 atom stereocenters. The van der Waals surface area contributed by atoms with Crippen molar-refractivity contribution in [1.82, 2.24) is 4.90 Å². The largest absolute Gasteiger partial charge is 0.297 e. The molecule has 0 unspecified atom stereocenters. The maximum Gasteiger partial charge on any atom is 0.257 e. The number of rotatable bonds is 5. The van der Waals surface area contributed by atoms with E-state index in [0.717, 1.165) is 39.3 Å². The van der Waals surface area contributed by atoms with E-state index in [1.165, 1.54) is 15.3 Å². The smallest absolute Gasteiger partial charge is 0.257 e. The van der Waals surface area contributed by atoms with Crippen LogP contribution in [0.2, 0.25) is 0 Å². The Kier molecular flexibility index (Phi) is 5.42. The van der Waals surface area contributed by atoms with Crippen LogP contribution in [-0.2, 0) is 0 Å². The lowest BCUT2D eigenvalue weighted by Gasteiger charge is -2.36. The highest BCUT2D eigenvalue weighted by atomic mass is 32.1. The van der Waals surface area contributed by atoms with Crippen molar-refractivity contribution in [3.8, 4) is 0 Å². The van der Waals surface area contributed by atoms with Crippen LogP contribution < -0.4 is 0 Å². The van der Waals surface area contributed by atoms with Gasteiger partial charge >= 0.3 is 0 Å². The van der Waals surface area contributed by atoms with Crippen molar-refractivity contribution in [3.05, 3.63) is 21.4 Å². The van der Waals surface area contributed by atoms with Crippen LogP contribution in [0.1, 0.15) is 54.3 Å². The number of aryl methyl sites for hydroxylation is 2. The zero-order valence-electron chi connectivity index (χ0n) is 13.6.